The van der Waals surface area contributed by atoms with Gasteiger partial charge in [0.15, 0.2) is 9.84 Å². The fourth-order valence-electron chi connectivity index (χ4n) is 4.74. The van der Waals surface area contributed by atoms with Gasteiger partial charge in [-0.3, -0.25) is 9.69 Å². The van der Waals surface area contributed by atoms with E-state index in [1.165, 1.54) is 37.1 Å². The third kappa shape index (κ3) is 5.55. The molecule has 2 unspecified atom stereocenters. The first-order valence-corrected chi connectivity index (χ1v) is 13.4. The Labute approximate surface area is 195 Å². The number of carbonyl (C=O) groups is 1. The topological polar surface area (TPSA) is 66.9 Å². The lowest BCUT2D eigenvalue weighted by atomic mass is 10.1. The number of likely N-dealkylation sites (tertiary alicyclic amines) is 2. The van der Waals surface area contributed by atoms with Crippen LogP contribution in [0.4, 0.5) is 4.39 Å². The number of sulfone groups is 1. The van der Waals surface area contributed by atoms with Crippen molar-refractivity contribution in [1.82, 2.24) is 9.80 Å². The van der Waals surface area contributed by atoms with Gasteiger partial charge in [-0.25, -0.2) is 12.8 Å². The van der Waals surface area contributed by atoms with Crippen LogP contribution >= 0.6 is 0 Å². The highest BCUT2D eigenvalue weighted by atomic mass is 32.2. The summed E-state index contributed by atoms with van der Waals surface area (Å²) < 4.78 is 43.6. The van der Waals surface area contributed by atoms with Crippen LogP contribution in [0.2, 0.25) is 0 Å². The van der Waals surface area contributed by atoms with Crippen LogP contribution in [0.15, 0.2) is 47.4 Å². The molecule has 0 bridgehead atoms. The fraction of sp³-hybridized carbons (Fsp3) is 0.480. The van der Waals surface area contributed by atoms with E-state index in [1.807, 2.05) is 4.90 Å². The molecular weight excluding hydrogens is 443 g/mol. The number of ether oxygens (including phenoxy) is 1. The first-order chi connectivity index (χ1) is 15.7. The van der Waals surface area contributed by atoms with Gasteiger partial charge in [-0.1, -0.05) is 12.1 Å². The summed E-state index contributed by atoms with van der Waals surface area (Å²) in [5, 5.41) is 0. The van der Waals surface area contributed by atoms with Crippen LogP contribution < -0.4 is 4.74 Å². The van der Waals surface area contributed by atoms with Crippen molar-refractivity contribution in [2.24, 2.45) is 0 Å². The Morgan fingerprint density at radius 3 is 2.45 bits per heavy atom. The SMILES string of the molecule is CC1CCCN1CC1CCCN1C(=O)c1ccc(OCc2ccc(S(C)(=O)=O)cc2)cc1F. The van der Waals surface area contributed by atoms with Crippen LogP contribution in [-0.2, 0) is 16.4 Å². The number of rotatable bonds is 7. The standard InChI is InChI=1S/C25H31FN2O4S/c1-18-5-3-13-27(18)16-20-6-4-14-28(20)25(29)23-12-9-21(15-24(23)26)32-17-19-7-10-22(11-8-19)33(2,30)31/h7-12,15,18,20H,3-6,13-14,16-17H2,1-2H3. The van der Waals surface area contributed by atoms with Gasteiger partial charge in [-0.05, 0) is 69.0 Å². The second kappa shape index (κ2) is 9.81. The molecule has 6 nitrogen and oxygen atoms in total. The minimum absolute atomic E-state index is 0.0706. The predicted molar refractivity (Wildman–Crippen MR) is 125 cm³/mol. The van der Waals surface area contributed by atoms with Crippen LogP contribution in [0.3, 0.4) is 0 Å². The van der Waals surface area contributed by atoms with Crippen molar-refractivity contribution in [1.29, 1.82) is 0 Å². The Hall–Kier alpha value is -2.45. The van der Waals surface area contributed by atoms with Gasteiger partial charge >= 0.3 is 0 Å². The van der Waals surface area contributed by atoms with Crippen molar-refractivity contribution < 1.29 is 22.3 Å². The van der Waals surface area contributed by atoms with Gasteiger partial charge in [0.25, 0.3) is 5.91 Å². The first-order valence-electron chi connectivity index (χ1n) is 11.5. The maximum absolute atomic E-state index is 14.9. The molecule has 178 valence electrons. The number of benzene rings is 2. The van der Waals surface area contributed by atoms with Gasteiger partial charge in [0.1, 0.15) is 18.2 Å². The quantitative estimate of drug-likeness (QED) is 0.609. The molecule has 0 aliphatic carbocycles. The lowest BCUT2D eigenvalue weighted by Crippen LogP contribution is -2.44. The van der Waals surface area contributed by atoms with Gasteiger partial charge in [0, 0.05) is 37.5 Å². The summed E-state index contributed by atoms with van der Waals surface area (Å²) in [7, 11) is -3.26. The molecular formula is C25H31FN2O4S. The monoisotopic (exact) mass is 474 g/mol. The van der Waals surface area contributed by atoms with Crippen LogP contribution in [0.5, 0.6) is 5.75 Å². The van der Waals surface area contributed by atoms with E-state index in [9.17, 15) is 17.6 Å². The van der Waals surface area contributed by atoms with Crippen molar-refractivity contribution in [3.05, 3.63) is 59.4 Å². The van der Waals surface area contributed by atoms with E-state index in [-0.39, 0.29) is 29.0 Å². The van der Waals surface area contributed by atoms with Gasteiger partial charge in [-0.15, -0.1) is 0 Å². The van der Waals surface area contributed by atoms with Crippen LogP contribution in [0.25, 0.3) is 0 Å². The summed E-state index contributed by atoms with van der Waals surface area (Å²) in [6, 6.07) is 11.4. The molecule has 2 aliphatic rings. The summed E-state index contributed by atoms with van der Waals surface area (Å²) >= 11 is 0. The molecule has 2 atom stereocenters. The maximum Gasteiger partial charge on any atom is 0.257 e. The maximum atomic E-state index is 14.9. The molecule has 0 saturated carbocycles. The Bertz CT molecular complexity index is 1100. The fourth-order valence-corrected chi connectivity index (χ4v) is 5.37. The molecule has 2 fully saturated rings. The molecule has 8 heteroatoms. The molecule has 2 saturated heterocycles. The number of hydrogen-bond acceptors (Lipinski definition) is 5. The zero-order valence-corrected chi connectivity index (χ0v) is 20.0. The highest BCUT2D eigenvalue weighted by Crippen LogP contribution is 2.26. The lowest BCUT2D eigenvalue weighted by molar-refractivity contribution is 0.0692. The van der Waals surface area contributed by atoms with E-state index in [1.54, 1.807) is 18.2 Å². The van der Waals surface area contributed by atoms with E-state index < -0.39 is 15.7 Å². The van der Waals surface area contributed by atoms with Crippen molar-refractivity contribution in [2.45, 2.75) is 56.2 Å². The number of amides is 1. The highest BCUT2D eigenvalue weighted by Gasteiger charge is 2.33. The molecule has 1 amide bonds. The third-order valence-electron chi connectivity index (χ3n) is 6.70. The minimum atomic E-state index is -3.26. The molecule has 2 aromatic carbocycles. The smallest absolute Gasteiger partial charge is 0.257 e. The van der Waals surface area contributed by atoms with Gasteiger partial charge < -0.3 is 9.64 Å². The zero-order chi connectivity index (χ0) is 23.6. The van der Waals surface area contributed by atoms with Crippen LogP contribution in [-0.4, -0.2) is 62.1 Å². The summed E-state index contributed by atoms with van der Waals surface area (Å²) in [6.07, 6.45) is 5.44. The van der Waals surface area contributed by atoms with E-state index in [0.717, 1.165) is 37.8 Å². The van der Waals surface area contributed by atoms with Gasteiger partial charge in [-0.2, -0.15) is 0 Å². The number of nitrogens with zero attached hydrogens (tertiary/aromatic N) is 2. The third-order valence-corrected chi connectivity index (χ3v) is 7.83. The molecule has 2 heterocycles. The molecule has 0 radical (unpaired) electrons. The Kier molecular flexibility index (Phi) is 7.05. The number of carbonyl (C=O) groups excluding carboxylic acids is 1. The first kappa shape index (κ1) is 23.7. The van der Waals surface area contributed by atoms with Gasteiger partial charge in [0.05, 0.1) is 10.5 Å². The van der Waals surface area contributed by atoms with E-state index in [0.29, 0.717) is 18.3 Å². The van der Waals surface area contributed by atoms with E-state index in [4.69, 9.17) is 4.74 Å². The normalized spacial score (nSPS) is 21.5. The Morgan fingerprint density at radius 1 is 1.09 bits per heavy atom. The minimum Gasteiger partial charge on any atom is -0.489 e. The van der Waals surface area contributed by atoms with Crippen molar-refractivity contribution >= 4 is 15.7 Å². The van der Waals surface area contributed by atoms with Crippen molar-refractivity contribution in [2.75, 3.05) is 25.9 Å². The summed E-state index contributed by atoms with van der Waals surface area (Å²) in [5.74, 6) is -0.532. The van der Waals surface area contributed by atoms with Crippen LogP contribution in [0.1, 0.15) is 48.5 Å². The van der Waals surface area contributed by atoms with Gasteiger partial charge in [0.2, 0.25) is 0 Å². The Balaban J connectivity index is 1.39. The van der Waals surface area contributed by atoms with Crippen molar-refractivity contribution in [3.63, 3.8) is 0 Å². The van der Waals surface area contributed by atoms with E-state index in [2.05, 4.69) is 11.8 Å². The lowest BCUT2D eigenvalue weighted by Gasteiger charge is -2.31. The highest BCUT2D eigenvalue weighted by molar-refractivity contribution is 7.90. The zero-order valence-electron chi connectivity index (χ0n) is 19.2. The molecule has 0 spiro atoms. The number of hydrogen-bond donors (Lipinski definition) is 0. The Morgan fingerprint density at radius 2 is 1.82 bits per heavy atom. The number of halogens is 1. The predicted octanol–water partition coefficient (Wildman–Crippen LogP) is 3.90. The average Bonchev–Trinajstić information content (AvgIpc) is 3.41. The molecule has 0 aromatic heterocycles. The van der Waals surface area contributed by atoms with E-state index >= 15 is 0 Å². The molecule has 2 aromatic rings. The molecule has 2 aliphatic heterocycles. The largest absolute Gasteiger partial charge is 0.489 e. The van der Waals surface area contributed by atoms with Crippen LogP contribution in [0, 0.1) is 5.82 Å². The molecule has 33 heavy (non-hydrogen) atoms. The second-order valence-electron chi connectivity index (χ2n) is 9.13. The molecule has 4 rings (SSSR count). The van der Waals surface area contributed by atoms with Crippen molar-refractivity contribution in [3.8, 4) is 5.75 Å². The second-order valence-corrected chi connectivity index (χ2v) is 11.1. The molecule has 0 N–H and O–H groups in total. The summed E-state index contributed by atoms with van der Waals surface area (Å²) in [6.45, 7) is 4.98. The average molecular weight is 475 g/mol. The summed E-state index contributed by atoms with van der Waals surface area (Å²) in [5.41, 5.74) is 0.834. The summed E-state index contributed by atoms with van der Waals surface area (Å²) in [4.78, 5) is 17.6.